The molecule has 0 bridgehead atoms. The molecule has 138 valence electrons. The number of alkyl halides is 3. The van der Waals surface area contributed by atoms with Crippen molar-refractivity contribution in [1.82, 2.24) is 14.7 Å². The van der Waals surface area contributed by atoms with Gasteiger partial charge in [-0.15, -0.1) is 29.6 Å². The minimum absolute atomic E-state index is 0.175. The van der Waals surface area contributed by atoms with Crippen LogP contribution in [0.3, 0.4) is 0 Å². The van der Waals surface area contributed by atoms with Crippen molar-refractivity contribution >= 4 is 11.3 Å². The molecule has 2 heterocycles. The molecule has 0 fully saturated rings. The van der Waals surface area contributed by atoms with Gasteiger partial charge in [-0.1, -0.05) is 18.2 Å². The summed E-state index contributed by atoms with van der Waals surface area (Å²) in [6.45, 7) is 0.578. The van der Waals surface area contributed by atoms with E-state index in [4.69, 9.17) is 4.42 Å². The highest BCUT2D eigenvalue weighted by atomic mass is 32.1. The predicted octanol–water partition coefficient (Wildman–Crippen LogP) is 3.55. The Morgan fingerprint density at radius 3 is 2.62 bits per heavy atom. The van der Waals surface area contributed by atoms with Crippen molar-refractivity contribution in [2.24, 2.45) is 0 Å². The molecule has 2 aromatic heterocycles. The normalized spacial score (nSPS) is 11.9. The molecule has 0 spiro atoms. The number of thiophene rings is 1. The lowest BCUT2D eigenvalue weighted by molar-refractivity contribution is -0.274. The Balaban J connectivity index is 1.62. The fourth-order valence-electron chi connectivity index (χ4n) is 2.28. The lowest BCUT2D eigenvalue weighted by atomic mass is 10.2. The largest absolute Gasteiger partial charge is 0.573 e. The molecule has 0 radical (unpaired) electrons. The minimum Gasteiger partial charge on any atom is -0.406 e. The predicted molar refractivity (Wildman–Crippen MR) is 88.7 cm³/mol. The van der Waals surface area contributed by atoms with Gasteiger partial charge in [0.1, 0.15) is 12.4 Å². The first-order valence-electron chi connectivity index (χ1n) is 7.45. The molecule has 0 unspecified atom stereocenters. The zero-order chi connectivity index (χ0) is 18.7. The fraction of sp³-hybridized carbons (Fsp3) is 0.250. The van der Waals surface area contributed by atoms with Crippen LogP contribution >= 0.6 is 11.3 Å². The number of nitrogens with zero attached hydrogens (tertiary/aromatic N) is 3. The molecule has 26 heavy (non-hydrogen) atoms. The summed E-state index contributed by atoms with van der Waals surface area (Å²) in [7, 11) is 1.76. The van der Waals surface area contributed by atoms with Gasteiger partial charge in [0, 0.05) is 6.54 Å². The molecule has 0 N–H and O–H groups in total. The molecular weight excluding hydrogens is 371 g/mol. The molecule has 10 heteroatoms. The Labute approximate surface area is 150 Å². The molecule has 0 saturated heterocycles. The summed E-state index contributed by atoms with van der Waals surface area (Å²) in [4.78, 5) is 14.4. The van der Waals surface area contributed by atoms with Crippen LogP contribution in [0.1, 0.15) is 5.56 Å². The Morgan fingerprint density at radius 1 is 1.27 bits per heavy atom. The highest BCUT2D eigenvalue weighted by molar-refractivity contribution is 7.13. The van der Waals surface area contributed by atoms with Crippen LogP contribution < -0.4 is 10.5 Å². The van der Waals surface area contributed by atoms with Crippen molar-refractivity contribution in [1.29, 1.82) is 0 Å². The number of hydrogen-bond donors (Lipinski definition) is 0. The Kier molecular flexibility index (Phi) is 5.14. The summed E-state index contributed by atoms with van der Waals surface area (Å²) in [5.74, 6) is -0.599. The first kappa shape index (κ1) is 18.2. The molecule has 3 aromatic rings. The second-order valence-corrected chi connectivity index (χ2v) is 6.45. The third kappa shape index (κ3) is 4.73. The van der Waals surface area contributed by atoms with Crippen LogP contribution in [0.4, 0.5) is 13.2 Å². The van der Waals surface area contributed by atoms with Crippen LogP contribution in [0.15, 0.2) is 51.0 Å². The Hall–Kier alpha value is -2.59. The zero-order valence-corrected chi connectivity index (χ0v) is 14.4. The minimum atomic E-state index is -4.72. The number of hydrogen-bond acceptors (Lipinski definition) is 6. The standard InChI is InChI=1S/C16H14F3N3O3S/c1-21(9-11-4-6-12(7-5-11)25-16(17,18)19)10-22-15(23)24-14(20-22)13-3-2-8-26-13/h2-8H,9-10H2,1H3. The average molecular weight is 385 g/mol. The Bertz CT molecular complexity index is 901. The van der Waals surface area contributed by atoms with Crippen molar-refractivity contribution < 1.29 is 22.3 Å². The number of ether oxygens (including phenoxy) is 1. The molecule has 1 aromatic carbocycles. The van der Waals surface area contributed by atoms with Gasteiger partial charge in [0.15, 0.2) is 0 Å². The summed E-state index contributed by atoms with van der Waals surface area (Å²) in [6, 6.07) is 9.17. The van der Waals surface area contributed by atoms with Gasteiger partial charge in [-0.3, -0.25) is 4.90 Å². The van der Waals surface area contributed by atoms with Gasteiger partial charge < -0.3 is 9.15 Å². The van der Waals surface area contributed by atoms with Crippen LogP contribution in [0.5, 0.6) is 5.75 Å². The van der Waals surface area contributed by atoms with E-state index in [-0.39, 0.29) is 18.3 Å². The molecule has 0 saturated carbocycles. The molecular formula is C16H14F3N3O3S. The lowest BCUT2D eigenvalue weighted by Gasteiger charge is -2.16. The van der Waals surface area contributed by atoms with E-state index < -0.39 is 12.1 Å². The number of halogens is 3. The fourth-order valence-corrected chi connectivity index (χ4v) is 2.93. The van der Waals surface area contributed by atoms with E-state index in [1.54, 1.807) is 18.0 Å². The summed E-state index contributed by atoms with van der Waals surface area (Å²) < 4.78 is 46.6. The van der Waals surface area contributed by atoms with Gasteiger partial charge in [-0.05, 0) is 36.2 Å². The van der Waals surface area contributed by atoms with E-state index in [1.807, 2.05) is 11.4 Å². The maximum absolute atomic E-state index is 12.2. The van der Waals surface area contributed by atoms with Crippen LogP contribution in [0.25, 0.3) is 10.8 Å². The molecule has 0 aliphatic rings. The number of rotatable bonds is 6. The van der Waals surface area contributed by atoms with Gasteiger partial charge in [0.05, 0.1) is 4.88 Å². The highest BCUT2D eigenvalue weighted by Crippen LogP contribution is 2.23. The van der Waals surface area contributed by atoms with Crippen LogP contribution in [0, 0.1) is 0 Å². The highest BCUT2D eigenvalue weighted by Gasteiger charge is 2.30. The van der Waals surface area contributed by atoms with E-state index >= 15 is 0 Å². The first-order valence-corrected chi connectivity index (χ1v) is 8.33. The second-order valence-electron chi connectivity index (χ2n) is 5.50. The third-order valence-electron chi connectivity index (χ3n) is 3.32. The molecule has 0 atom stereocenters. The van der Waals surface area contributed by atoms with Crippen molar-refractivity contribution in [3.05, 3.63) is 57.9 Å². The van der Waals surface area contributed by atoms with Crippen LogP contribution in [-0.4, -0.2) is 28.1 Å². The topological polar surface area (TPSA) is 60.5 Å². The first-order chi connectivity index (χ1) is 12.3. The SMILES string of the molecule is CN(Cc1ccc(OC(F)(F)F)cc1)Cn1nc(-c2cccs2)oc1=O. The van der Waals surface area contributed by atoms with Crippen LogP contribution in [0.2, 0.25) is 0 Å². The summed E-state index contributed by atoms with van der Waals surface area (Å²) >= 11 is 1.41. The number of benzene rings is 1. The van der Waals surface area contributed by atoms with Crippen molar-refractivity contribution in [3.63, 3.8) is 0 Å². The van der Waals surface area contributed by atoms with Gasteiger partial charge in [0.25, 0.3) is 5.89 Å². The van der Waals surface area contributed by atoms with Crippen molar-refractivity contribution in [2.75, 3.05) is 7.05 Å². The molecule has 0 aliphatic carbocycles. The van der Waals surface area contributed by atoms with Gasteiger partial charge in [-0.25, -0.2) is 4.79 Å². The van der Waals surface area contributed by atoms with E-state index in [0.717, 1.165) is 10.4 Å². The zero-order valence-electron chi connectivity index (χ0n) is 13.6. The van der Waals surface area contributed by atoms with Crippen molar-refractivity contribution in [3.8, 4) is 16.5 Å². The van der Waals surface area contributed by atoms with Gasteiger partial charge >= 0.3 is 12.1 Å². The molecule has 0 aliphatic heterocycles. The Morgan fingerprint density at radius 2 is 2.00 bits per heavy atom. The van der Waals surface area contributed by atoms with Gasteiger partial charge in [0.2, 0.25) is 0 Å². The molecule has 3 rings (SSSR count). The summed E-state index contributed by atoms with van der Waals surface area (Å²) in [5.41, 5.74) is 0.761. The molecule has 0 amide bonds. The van der Waals surface area contributed by atoms with E-state index in [0.29, 0.717) is 6.54 Å². The lowest BCUT2D eigenvalue weighted by Crippen LogP contribution is -2.28. The van der Waals surface area contributed by atoms with E-state index in [9.17, 15) is 18.0 Å². The summed E-state index contributed by atoms with van der Waals surface area (Å²) in [5, 5.41) is 6.00. The van der Waals surface area contributed by atoms with E-state index in [2.05, 4.69) is 9.84 Å². The second kappa shape index (κ2) is 7.34. The molecule has 6 nitrogen and oxygen atoms in total. The smallest absolute Gasteiger partial charge is 0.406 e. The maximum atomic E-state index is 12.2. The summed E-state index contributed by atoms with van der Waals surface area (Å²) in [6.07, 6.45) is -4.72. The van der Waals surface area contributed by atoms with Crippen molar-refractivity contribution in [2.45, 2.75) is 19.6 Å². The average Bonchev–Trinajstić information content (AvgIpc) is 3.18. The monoisotopic (exact) mass is 385 g/mol. The maximum Gasteiger partial charge on any atom is 0.573 e. The van der Waals surface area contributed by atoms with Gasteiger partial charge in [-0.2, -0.15) is 4.68 Å². The quantitative estimate of drug-likeness (QED) is 0.649. The third-order valence-corrected chi connectivity index (χ3v) is 4.18. The van der Waals surface area contributed by atoms with Crippen LogP contribution in [-0.2, 0) is 13.2 Å². The number of aromatic nitrogens is 2. The van der Waals surface area contributed by atoms with E-state index in [1.165, 1.54) is 40.3 Å².